The molecule has 102 valence electrons. The van der Waals surface area contributed by atoms with Gasteiger partial charge in [0.15, 0.2) is 0 Å². The zero-order valence-electron chi connectivity index (χ0n) is 11.4. The first kappa shape index (κ1) is 14.0. The van der Waals surface area contributed by atoms with Crippen LogP contribution in [-0.2, 0) is 0 Å². The van der Waals surface area contributed by atoms with Crippen LogP contribution in [0.4, 0.5) is 0 Å². The third-order valence-electron chi connectivity index (χ3n) is 2.80. The fourth-order valence-corrected chi connectivity index (χ4v) is 2.12. The van der Waals surface area contributed by atoms with Gasteiger partial charge in [-0.1, -0.05) is 18.5 Å². The molecule has 0 aliphatic carbocycles. The van der Waals surface area contributed by atoms with E-state index in [-0.39, 0.29) is 6.04 Å². The molecule has 2 aromatic rings. The van der Waals surface area contributed by atoms with Crippen LogP contribution in [-0.4, -0.2) is 16.7 Å². The molecular formula is C14H18ClN3O. The molecule has 1 aromatic carbocycles. The highest BCUT2D eigenvalue weighted by Gasteiger charge is 2.14. The summed E-state index contributed by atoms with van der Waals surface area (Å²) in [6, 6.07) is 5.76. The van der Waals surface area contributed by atoms with E-state index in [1.165, 1.54) is 0 Å². The second kappa shape index (κ2) is 6.17. The SMILES string of the molecule is CCCNC(C)c1nnc(-c2cc(C)cc(Cl)c2)o1. The highest BCUT2D eigenvalue weighted by Crippen LogP contribution is 2.25. The summed E-state index contributed by atoms with van der Waals surface area (Å²) in [7, 11) is 0. The summed E-state index contributed by atoms with van der Waals surface area (Å²) in [6.07, 6.45) is 1.07. The first-order valence-electron chi connectivity index (χ1n) is 6.44. The molecule has 0 amide bonds. The van der Waals surface area contributed by atoms with Crippen LogP contribution in [0.1, 0.15) is 37.8 Å². The third-order valence-corrected chi connectivity index (χ3v) is 3.02. The molecule has 0 fully saturated rings. The Morgan fingerprint density at radius 3 is 2.79 bits per heavy atom. The van der Waals surface area contributed by atoms with Crippen LogP contribution in [0.15, 0.2) is 22.6 Å². The maximum absolute atomic E-state index is 6.04. The van der Waals surface area contributed by atoms with E-state index < -0.39 is 0 Å². The number of rotatable bonds is 5. The molecule has 1 heterocycles. The van der Waals surface area contributed by atoms with E-state index in [1.54, 1.807) is 0 Å². The normalized spacial score (nSPS) is 12.6. The fourth-order valence-electron chi connectivity index (χ4n) is 1.83. The Morgan fingerprint density at radius 1 is 1.32 bits per heavy atom. The van der Waals surface area contributed by atoms with E-state index in [9.17, 15) is 0 Å². The quantitative estimate of drug-likeness (QED) is 0.905. The largest absolute Gasteiger partial charge is 0.419 e. The lowest BCUT2D eigenvalue weighted by Gasteiger charge is -2.07. The summed E-state index contributed by atoms with van der Waals surface area (Å²) in [5, 5.41) is 12.2. The van der Waals surface area contributed by atoms with Gasteiger partial charge in [-0.05, 0) is 50.6 Å². The molecule has 4 nitrogen and oxygen atoms in total. The highest BCUT2D eigenvalue weighted by atomic mass is 35.5. The minimum Gasteiger partial charge on any atom is -0.419 e. The van der Waals surface area contributed by atoms with Crippen molar-refractivity contribution in [2.75, 3.05) is 6.54 Å². The van der Waals surface area contributed by atoms with E-state index in [4.69, 9.17) is 16.0 Å². The number of aryl methyl sites for hydroxylation is 1. The average Bonchev–Trinajstić information content (AvgIpc) is 2.84. The average molecular weight is 280 g/mol. The molecule has 0 saturated heterocycles. The van der Waals surface area contributed by atoms with Gasteiger partial charge >= 0.3 is 0 Å². The van der Waals surface area contributed by atoms with Crippen LogP contribution >= 0.6 is 11.6 Å². The van der Waals surface area contributed by atoms with E-state index >= 15 is 0 Å². The Kier molecular flexibility index (Phi) is 4.56. The predicted octanol–water partition coefficient (Wildman–Crippen LogP) is 3.76. The number of nitrogens with zero attached hydrogens (tertiary/aromatic N) is 2. The van der Waals surface area contributed by atoms with Gasteiger partial charge in [0.05, 0.1) is 6.04 Å². The number of halogens is 1. The molecule has 1 aromatic heterocycles. The van der Waals surface area contributed by atoms with Gasteiger partial charge in [0, 0.05) is 10.6 Å². The number of nitrogens with one attached hydrogen (secondary N) is 1. The van der Waals surface area contributed by atoms with Crippen molar-refractivity contribution in [1.29, 1.82) is 0 Å². The summed E-state index contributed by atoms with van der Waals surface area (Å²) in [5.41, 5.74) is 1.92. The molecular weight excluding hydrogens is 262 g/mol. The molecule has 1 unspecified atom stereocenters. The van der Waals surface area contributed by atoms with Crippen LogP contribution in [0.2, 0.25) is 5.02 Å². The molecule has 5 heteroatoms. The molecule has 0 aliphatic heterocycles. The van der Waals surface area contributed by atoms with Gasteiger partial charge in [-0.3, -0.25) is 0 Å². The zero-order chi connectivity index (χ0) is 13.8. The fraction of sp³-hybridized carbons (Fsp3) is 0.429. The number of aromatic nitrogens is 2. The van der Waals surface area contributed by atoms with Crippen LogP contribution in [0.3, 0.4) is 0 Å². The molecule has 19 heavy (non-hydrogen) atoms. The molecule has 0 radical (unpaired) electrons. The smallest absolute Gasteiger partial charge is 0.247 e. The second-order valence-electron chi connectivity index (χ2n) is 4.64. The Bertz CT molecular complexity index is 533. The summed E-state index contributed by atoms with van der Waals surface area (Å²) in [5.74, 6) is 1.10. The van der Waals surface area contributed by atoms with Crippen LogP contribution < -0.4 is 5.32 Å². The topological polar surface area (TPSA) is 51.0 Å². The number of hydrogen-bond acceptors (Lipinski definition) is 4. The van der Waals surface area contributed by atoms with E-state index in [1.807, 2.05) is 32.0 Å². The Balaban J connectivity index is 2.20. The van der Waals surface area contributed by atoms with Crippen LogP contribution in [0.5, 0.6) is 0 Å². The first-order chi connectivity index (χ1) is 9.10. The van der Waals surface area contributed by atoms with Crippen molar-refractivity contribution in [3.8, 4) is 11.5 Å². The van der Waals surface area contributed by atoms with Crippen molar-refractivity contribution in [3.05, 3.63) is 34.7 Å². The Morgan fingerprint density at radius 2 is 2.11 bits per heavy atom. The standard InChI is InChI=1S/C14H18ClN3O/c1-4-5-16-10(3)13-17-18-14(19-13)11-6-9(2)7-12(15)8-11/h6-8,10,16H,4-5H2,1-3H3. The van der Waals surface area contributed by atoms with Gasteiger partial charge < -0.3 is 9.73 Å². The molecule has 1 N–H and O–H groups in total. The van der Waals surface area contributed by atoms with Gasteiger partial charge in [-0.2, -0.15) is 0 Å². The lowest BCUT2D eigenvalue weighted by atomic mass is 10.1. The molecule has 1 atom stereocenters. The van der Waals surface area contributed by atoms with Crippen LogP contribution in [0.25, 0.3) is 11.5 Å². The molecule has 0 spiro atoms. The van der Waals surface area contributed by atoms with Crippen molar-refractivity contribution in [2.24, 2.45) is 0 Å². The second-order valence-corrected chi connectivity index (χ2v) is 5.07. The summed E-state index contributed by atoms with van der Waals surface area (Å²) in [4.78, 5) is 0. The molecule has 0 saturated carbocycles. The van der Waals surface area contributed by atoms with Crippen molar-refractivity contribution in [1.82, 2.24) is 15.5 Å². The lowest BCUT2D eigenvalue weighted by Crippen LogP contribution is -2.19. The van der Waals surface area contributed by atoms with Crippen molar-refractivity contribution in [2.45, 2.75) is 33.2 Å². The van der Waals surface area contributed by atoms with Gasteiger partial charge in [0.2, 0.25) is 11.8 Å². The maximum atomic E-state index is 6.04. The van der Waals surface area contributed by atoms with Crippen molar-refractivity contribution >= 4 is 11.6 Å². The predicted molar refractivity (Wildman–Crippen MR) is 76.2 cm³/mol. The monoisotopic (exact) mass is 279 g/mol. The van der Waals surface area contributed by atoms with E-state index in [2.05, 4.69) is 22.4 Å². The van der Waals surface area contributed by atoms with Crippen molar-refractivity contribution in [3.63, 3.8) is 0 Å². The van der Waals surface area contributed by atoms with Gasteiger partial charge in [-0.25, -0.2) is 0 Å². The summed E-state index contributed by atoms with van der Waals surface area (Å²) in [6.45, 7) is 7.04. The Labute approximate surface area is 118 Å². The summed E-state index contributed by atoms with van der Waals surface area (Å²) < 4.78 is 5.70. The third kappa shape index (κ3) is 3.55. The lowest BCUT2D eigenvalue weighted by molar-refractivity contribution is 0.423. The summed E-state index contributed by atoms with van der Waals surface area (Å²) >= 11 is 6.04. The van der Waals surface area contributed by atoms with E-state index in [0.29, 0.717) is 16.8 Å². The highest BCUT2D eigenvalue weighted by molar-refractivity contribution is 6.30. The first-order valence-corrected chi connectivity index (χ1v) is 6.82. The van der Waals surface area contributed by atoms with Gasteiger partial charge in [-0.15, -0.1) is 10.2 Å². The van der Waals surface area contributed by atoms with Gasteiger partial charge in [0.1, 0.15) is 0 Å². The minimum absolute atomic E-state index is 0.0569. The van der Waals surface area contributed by atoms with Crippen molar-refractivity contribution < 1.29 is 4.42 Å². The van der Waals surface area contributed by atoms with E-state index in [0.717, 1.165) is 24.1 Å². The number of benzene rings is 1. The van der Waals surface area contributed by atoms with Crippen LogP contribution in [0, 0.1) is 6.92 Å². The Hall–Kier alpha value is -1.39. The number of hydrogen-bond donors (Lipinski definition) is 1. The molecule has 2 rings (SSSR count). The maximum Gasteiger partial charge on any atom is 0.247 e. The minimum atomic E-state index is 0.0569. The zero-order valence-corrected chi connectivity index (χ0v) is 12.2. The van der Waals surface area contributed by atoms with Gasteiger partial charge in [0.25, 0.3) is 0 Å². The molecule has 0 bridgehead atoms. The molecule has 0 aliphatic rings.